The smallest absolute Gasteiger partial charge is 0.436 e. The van der Waals surface area contributed by atoms with E-state index < -0.39 is 6.09 Å². The normalized spacial score (nSPS) is 46.5. The van der Waals surface area contributed by atoms with E-state index in [-0.39, 0.29) is 33.2 Å². The zero-order valence-corrected chi connectivity index (χ0v) is 26.3. The highest BCUT2D eigenvalue weighted by Crippen LogP contribution is 2.77. The summed E-state index contributed by atoms with van der Waals surface area (Å²) in [5, 5.41) is 15.0. The molecule has 1 heterocycles. The Morgan fingerprint density at radius 3 is 2.46 bits per heavy atom. The number of ether oxygens (including phenoxy) is 2. The fourth-order valence-electron chi connectivity index (χ4n) is 12.3. The minimum atomic E-state index is -0.438. The van der Waals surface area contributed by atoms with Gasteiger partial charge in [-0.1, -0.05) is 41.2 Å². The minimum absolute atomic E-state index is 0.0315. The Morgan fingerprint density at radius 1 is 0.976 bits per heavy atom. The summed E-state index contributed by atoms with van der Waals surface area (Å²) in [6.07, 6.45) is 13.6. The lowest BCUT2D eigenvalue weighted by Crippen LogP contribution is -2.66. The average molecular weight is 568 g/mol. The molecular formula is C34H53N3O4. The van der Waals surface area contributed by atoms with Gasteiger partial charge in [-0.2, -0.15) is 4.68 Å². The topological polar surface area (TPSA) is 86.5 Å². The number of fused-ring (bicyclic) bond motifs is 7. The van der Waals surface area contributed by atoms with Crippen molar-refractivity contribution in [2.45, 2.75) is 105 Å². The lowest BCUT2D eigenvalue weighted by atomic mass is 9.32. The summed E-state index contributed by atoms with van der Waals surface area (Å²) >= 11 is 0. The van der Waals surface area contributed by atoms with Crippen LogP contribution in [-0.4, -0.2) is 52.4 Å². The molecule has 7 heteroatoms. The molecule has 7 nitrogen and oxygen atoms in total. The Kier molecular flexibility index (Phi) is 7.09. The van der Waals surface area contributed by atoms with E-state index in [1.54, 1.807) is 7.11 Å². The van der Waals surface area contributed by atoms with Crippen molar-refractivity contribution in [1.29, 1.82) is 0 Å². The largest absolute Gasteiger partial charge is 0.447 e. The van der Waals surface area contributed by atoms with Crippen LogP contribution in [0.2, 0.25) is 0 Å². The molecular weight excluding hydrogens is 514 g/mol. The molecule has 5 aliphatic rings. The molecule has 10 atom stereocenters. The second-order valence-corrected chi connectivity index (χ2v) is 16.1. The SMILES string of the molecule is C=C(COC)[C@@H]1CC[C@]2(COC(=O)n3cncn3)CC[C@]3(C)C(CCC4[C@@]5(C)CC[C@H](O)C(C)(C)C5CC[C@]43C)C12. The van der Waals surface area contributed by atoms with E-state index in [0.29, 0.717) is 42.8 Å². The maximum Gasteiger partial charge on any atom is 0.436 e. The Bertz CT molecular complexity index is 1170. The number of carbonyl (C=O) groups is 1. The van der Waals surface area contributed by atoms with Crippen LogP contribution >= 0.6 is 0 Å². The van der Waals surface area contributed by atoms with Crippen molar-refractivity contribution in [1.82, 2.24) is 14.8 Å². The summed E-state index contributed by atoms with van der Waals surface area (Å²) in [4.78, 5) is 16.8. The maximum absolute atomic E-state index is 12.9. The molecule has 0 aliphatic heterocycles. The summed E-state index contributed by atoms with van der Waals surface area (Å²) in [5.74, 6) is 2.62. The predicted octanol–water partition coefficient (Wildman–Crippen LogP) is 6.91. The average Bonchev–Trinajstić information content (AvgIpc) is 3.60. The summed E-state index contributed by atoms with van der Waals surface area (Å²) in [6.45, 7) is 18.1. The maximum atomic E-state index is 12.9. The molecule has 4 unspecified atom stereocenters. The van der Waals surface area contributed by atoms with Gasteiger partial charge in [0.05, 0.1) is 19.3 Å². The van der Waals surface area contributed by atoms with Crippen LogP contribution in [0.1, 0.15) is 98.8 Å². The number of hydrogen-bond donors (Lipinski definition) is 1. The Hall–Kier alpha value is -1.73. The molecule has 6 rings (SSSR count). The highest BCUT2D eigenvalue weighted by Gasteiger charge is 2.71. The van der Waals surface area contributed by atoms with Gasteiger partial charge in [-0.3, -0.25) is 0 Å². The molecule has 1 aromatic heterocycles. The molecule has 1 N–H and O–H groups in total. The van der Waals surface area contributed by atoms with E-state index in [0.717, 1.165) is 32.1 Å². The van der Waals surface area contributed by atoms with Gasteiger partial charge in [0, 0.05) is 12.5 Å². The molecule has 5 fully saturated rings. The molecule has 41 heavy (non-hydrogen) atoms. The zero-order valence-electron chi connectivity index (χ0n) is 26.3. The minimum Gasteiger partial charge on any atom is -0.447 e. The molecule has 0 aromatic carbocycles. The Labute approximate surface area is 246 Å². The second kappa shape index (κ2) is 9.90. The van der Waals surface area contributed by atoms with Crippen LogP contribution in [-0.2, 0) is 9.47 Å². The quantitative estimate of drug-likeness (QED) is 0.389. The van der Waals surface area contributed by atoms with Gasteiger partial charge < -0.3 is 14.6 Å². The lowest BCUT2D eigenvalue weighted by molar-refractivity contribution is -0.249. The molecule has 0 spiro atoms. The highest BCUT2D eigenvalue weighted by atomic mass is 16.6. The number of carbonyl (C=O) groups excluding carboxylic acids is 1. The van der Waals surface area contributed by atoms with Crippen molar-refractivity contribution in [3.8, 4) is 0 Å². The lowest BCUT2D eigenvalue weighted by Gasteiger charge is -2.73. The first-order chi connectivity index (χ1) is 19.3. The van der Waals surface area contributed by atoms with Crippen LogP contribution in [0.15, 0.2) is 24.8 Å². The van der Waals surface area contributed by atoms with Crippen LogP contribution in [0, 0.1) is 56.7 Å². The first-order valence-electron chi connectivity index (χ1n) is 16.2. The first kappa shape index (κ1) is 29.3. The van der Waals surface area contributed by atoms with Crippen molar-refractivity contribution in [3.63, 3.8) is 0 Å². The molecule has 0 bridgehead atoms. The van der Waals surface area contributed by atoms with Gasteiger partial charge in [0.15, 0.2) is 0 Å². The van der Waals surface area contributed by atoms with Crippen molar-refractivity contribution in [2.24, 2.45) is 56.7 Å². The van der Waals surface area contributed by atoms with Crippen molar-refractivity contribution in [2.75, 3.05) is 20.3 Å². The summed E-state index contributed by atoms with van der Waals surface area (Å²) < 4.78 is 12.8. The van der Waals surface area contributed by atoms with E-state index in [1.807, 2.05) is 0 Å². The fourth-order valence-corrected chi connectivity index (χ4v) is 12.3. The van der Waals surface area contributed by atoms with Crippen LogP contribution < -0.4 is 0 Å². The predicted molar refractivity (Wildman–Crippen MR) is 158 cm³/mol. The molecule has 0 saturated heterocycles. The number of rotatable bonds is 5. The molecule has 0 radical (unpaired) electrons. The van der Waals surface area contributed by atoms with Crippen LogP contribution in [0.3, 0.4) is 0 Å². The first-order valence-corrected chi connectivity index (χ1v) is 16.2. The molecule has 228 valence electrons. The summed E-state index contributed by atoms with van der Waals surface area (Å²) in [5.41, 5.74) is 1.86. The summed E-state index contributed by atoms with van der Waals surface area (Å²) in [7, 11) is 1.77. The number of methoxy groups -OCH3 is 1. The number of aromatic nitrogens is 3. The monoisotopic (exact) mass is 567 g/mol. The van der Waals surface area contributed by atoms with Gasteiger partial charge in [-0.25, -0.2) is 9.78 Å². The second-order valence-electron chi connectivity index (χ2n) is 16.1. The number of aliphatic hydroxyl groups is 1. The zero-order chi connectivity index (χ0) is 29.4. The van der Waals surface area contributed by atoms with Crippen LogP contribution in [0.5, 0.6) is 0 Å². The number of nitrogens with zero attached hydrogens (tertiary/aromatic N) is 3. The molecule has 1 aromatic rings. The van der Waals surface area contributed by atoms with Gasteiger partial charge in [0.25, 0.3) is 0 Å². The van der Waals surface area contributed by atoms with Crippen LogP contribution in [0.4, 0.5) is 4.79 Å². The van der Waals surface area contributed by atoms with Crippen LogP contribution in [0.25, 0.3) is 0 Å². The van der Waals surface area contributed by atoms with Gasteiger partial charge >= 0.3 is 6.09 Å². The summed E-state index contributed by atoms with van der Waals surface area (Å²) in [6, 6.07) is 0. The third-order valence-electron chi connectivity index (χ3n) is 14.5. The van der Waals surface area contributed by atoms with Crippen molar-refractivity contribution < 1.29 is 19.4 Å². The number of hydrogen-bond acceptors (Lipinski definition) is 6. The van der Waals surface area contributed by atoms with E-state index in [9.17, 15) is 9.90 Å². The van der Waals surface area contributed by atoms with E-state index in [4.69, 9.17) is 9.47 Å². The third-order valence-corrected chi connectivity index (χ3v) is 14.5. The standard InChI is InChI=1S/C34H53N3O4/c1-22(18-40-7)23-10-15-34(19-41-29(39)37-21-35-20-36-37)17-16-32(5)24(28(23)34)8-9-26-31(4)13-12-27(38)30(2,3)25(31)11-14-33(26,32)6/h20-21,23-28,38H,1,8-19H2,2-7H3/t23-,24?,25?,26?,27-,28?,31-,32+,33+,34+/m0/s1. The Morgan fingerprint density at radius 2 is 1.76 bits per heavy atom. The van der Waals surface area contributed by atoms with E-state index in [2.05, 4.69) is 51.3 Å². The van der Waals surface area contributed by atoms with Gasteiger partial charge in [0.2, 0.25) is 0 Å². The third kappa shape index (κ3) is 4.07. The Balaban J connectivity index is 1.34. The molecule has 0 amide bonds. The van der Waals surface area contributed by atoms with Gasteiger partial charge in [0.1, 0.15) is 12.7 Å². The van der Waals surface area contributed by atoms with E-state index >= 15 is 0 Å². The fraction of sp³-hybridized carbons (Fsp3) is 0.853. The van der Waals surface area contributed by atoms with E-state index in [1.165, 1.54) is 55.0 Å². The molecule has 5 aliphatic carbocycles. The van der Waals surface area contributed by atoms with Crippen molar-refractivity contribution >= 4 is 6.09 Å². The van der Waals surface area contributed by atoms with Gasteiger partial charge in [-0.05, 0) is 121 Å². The van der Waals surface area contributed by atoms with Gasteiger partial charge in [-0.15, -0.1) is 5.10 Å². The highest BCUT2D eigenvalue weighted by molar-refractivity contribution is 5.68. The molecule has 5 saturated carbocycles. The van der Waals surface area contributed by atoms with Crippen molar-refractivity contribution in [3.05, 3.63) is 24.8 Å². The number of aliphatic hydroxyl groups excluding tert-OH is 1.